The molecule has 0 bridgehead atoms. The summed E-state index contributed by atoms with van der Waals surface area (Å²) >= 11 is 0. The van der Waals surface area contributed by atoms with Crippen molar-refractivity contribution in [3.05, 3.63) is 193 Å². The van der Waals surface area contributed by atoms with Crippen molar-refractivity contribution in [3.8, 4) is 39.6 Å². The van der Waals surface area contributed by atoms with Gasteiger partial charge in [0.1, 0.15) is 24.0 Å². The van der Waals surface area contributed by atoms with Crippen molar-refractivity contribution in [1.82, 2.24) is 9.55 Å². The molecule has 0 atom stereocenters. The molecule has 1 aliphatic rings. The van der Waals surface area contributed by atoms with Gasteiger partial charge in [-0.2, -0.15) is 0 Å². The Labute approximate surface area is 356 Å². The van der Waals surface area contributed by atoms with E-state index in [9.17, 15) is 1.37 Å². The predicted molar refractivity (Wildman–Crippen MR) is 241 cm³/mol. The minimum Gasteiger partial charge on any atom is -0.457 e. The van der Waals surface area contributed by atoms with Gasteiger partial charge in [-0.3, -0.25) is 4.57 Å². The average molecular weight is 765 g/mol. The maximum Gasteiger partial charge on any atom is 0.137 e. The quantitative estimate of drug-likeness (QED) is 0.162. The van der Waals surface area contributed by atoms with Crippen LogP contribution in [-0.4, -0.2) is 16.2 Å². The van der Waals surface area contributed by atoms with Crippen LogP contribution in [0.25, 0.3) is 49.9 Å². The van der Waals surface area contributed by atoms with Crippen molar-refractivity contribution in [2.75, 3.05) is 16.5 Å². The Balaban J connectivity index is 1.10. The summed E-state index contributed by atoms with van der Waals surface area (Å²) in [5, 5.41) is 1.80. The number of pyridine rings is 1. The molecular formula is C53H44N4O. The molecule has 3 heterocycles. The fourth-order valence-corrected chi connectivity index (χ4v) is 7.77. The van der Waals surface area contributed by atoms with E-state index in [2.05, 4.69) is 4.98 Å². The van der Waals surface area contributed by atoms with Crippen LogP contribution in [0.15, 0.2) is 182 Å². The molecule has 0 radical (unpaired) electrons. The first kappa shape index (κ1) is 24.5. The summed E-state index contributed by atoms with van der Waals surface area (Å²) in [7, 11) is 0. The summed E-state index contributed by atoms with van der Waals surface area (Å²) in [5.41, 5.74) is 5.02. The number of aromatic nitrogens is 2. The maximum atomic E-state index is 9.33. The highest BCUT2D eigenvalue weighted by atomic mass is 16.5. The van der Waals surface area contributed by atoms with Gasteiger partial charge in [-0.05, 0) is 101 Å². The molecule has 0 aliphatic carbocycles. The average Bonchev–Trinajstić information content (AvgIpc) is 3.86. The van der Waals surface area contributed by atoms with Gasteiger partial charge in [0.2, 0.25) is 0 Å². The monoisotopic (exact) mass is 764 g/mol. The van der Waals surface area contributed by atoms with Crippen LogP contribution in [0, 0.1) is 6.92 Å². The summed E-state index contributed by atoms with van der Waals surface area (Å²) in [6.45, 7) is 7.66. The number of hydrogen-bond acceptors (Lipinski definition) is 4. The summed E-state index contributed by atoms with van der Waals surface area (Å²) in [6.07, 6.45) is -0.218. The highest BCUT2D eigenvalue weighted by Gasteiger charge is 2.31. The van der Waals surface area contributed by atoms with E-state index >= 15 is 0 Å². The third-order valence-corrected chi connectivity index (χ3v) is 10.4. The second-order valence-electron chi connectivity index (χ2n) is 15.3. The van der Waals surface area contributed by atoms with E-state index in [1.54, 1.807) is 19.1 Å². The van der Waals surface area contributed by atoms with Crippen LogP contribution in [0.1, 0.15) is 48.3 Å². The molecule has 10 rings (SSSR count). The zero-order chi connectivity index (χ0) is 49.8. The number of hydrogen-bond donors (Lipinski definition) is 0. The molecule has 0 amide bonds. The second-order valence-corrected chi connectivity index (χ2v) is 15.3. The zero-order valence-corrected chi connectivity index (χ0v) is 32.3. The Morgan fingerprint density at radius 3 is 2.10 bits per heavy atom. The largest absolute Gasteiger partial charge is 0.457 e. The third-order valence-electron chi connectivity index (χ3n) is 10.4. The van der Waals surface area contributed by atoms with Crippen molar-refractivity contribution in [2.45, 2.75) is 33.1 Å². The number of rotatable bonds is 7. The summed E-state index contributed by atoms with van der Waals surface area (Å²) in [5.74, 6) is 1.22. The number of nitrogens with zero attached hydrogens (tertiary/aromatic N) is 4. The molecule has 5 nitrogen and oxygen atoms in total. The van der Waals surface area contributed by atoms with E-state index < -0.39 is 35.6 Å². The fourth-order valence-electron chi connectivity index (χ4n) is 7.77. The SMILES string of the molecule is [2H]c1cc([2H])c(-c2cc(C)cc(-c3c([2H])c([2H])c([2H])c([2H])c3[2H])c2N2CN(c3cccc(Oc4ccc5c6ccccc6n(-c6nc([2H])c([2H])c(C(C)(C)C)c6[2H])c5c4)c3)c3ccccc32)c([2H])c1[2H]. The lowest BCUT2D eigenvalue weighted by molar-refractivity contribution is 0.483. The van der Waals surface area contributed by atoms with Gasteiger partial charge in [0, 0.05) is 45.9 Å². The number of fused-ring (bicyclic) bond motifs is 4. The standard InChI is InChI=1S/C53H44N4O/c1-36-30-45(37-16-7-5-8-17-37)52(46(31-36)38-18-9-6-10-19-38)56-35-55(48-24-13-14-25-49(48)56)40-20-15-21-41(33-40)58-42-26-27-44-43-22-11-12-23-47(43)57(50(44)34-42)51-32-39(28-29-54-51)53(2,3)4/h5-34H,35H2,1-4H3/i5D,6D,7D,8D,9D,16D,17D,18D,19D,28D,29D,32D. The molecule has 0 saturated carbocycles. The van der Waals surface area contributed by atoms with E-state index in [1.165, 1.54) is 6.07 Å². The van der Waals surface area contributed by atoms with Gasteiger partial charge in [0.25, 0.3) is 0 Å². The van der Waals surface area contributed by atoms with Crippen molar-refractivity contribution in [2.24, 2.45) is 0 Å². The lowest BCUT2D eigenvalue weighted by Crippen LogP contribution is -2.25. The van der Waals surface area contributed by atoms with Crippen molar-refractivity contribution >= 4 is 44.6 Å². The molecule has 9 aromatic rings. The minimum absolute atomic E-state index is 0.0625. The van der Waals surface area contributed by atoms with Gasteiger partial charge >= 0.3 is 0 Å². The number of anilines is 4. The predicted octanol–water partition coefficient (Wildman–Crippen LogP) is 14.2. The van der Waals surface area contributed by atoms with Crippen LogP contribution in [-0.2, 0) is 5.41 Å². The maximum absolute atomic E-state index is 9.33. The highest BCUT2D eigenvalue weighted by Crippen LogP contribution is 2.50. The molecule has 7 aromatic carbocycles. The normalized spacial score (nSPS) is 15.6. The van der Waals surface area contributed by atoms with Gasteiger partial charge in [-0.15, -0.1) is 0 Å². The second kappa shape index (κ2) is 14.1. The minimum atomic E-state index is -0.597. The van der Waals surface area contributed by atoms with Crippen LogP contribution in [0.4, 0.5) is 22.7 Å². The topological polar surface area (TPSA) is 33.5 Å². The molecule has 0 saturated heterocycles. The van der Waals surface area contributed by atoms with E-state index in [1.807, 2.05) is 126 Å². The van der Waals surface area contributed by atoms with E-state index in [4.69, 9.17) is 19.8 Å². The zero-order valence-electron chi connectivity index (χ0n) is 44.3. The Hall–Kier alpha value is -7.11. The van der Waals surface area contributed by atoms with Gasteiger partial charge < -0.3 is 14.5 Å². The number of aryl methyl sites for hydroxylation is 1. The van der Waals surface area contributed by atoms with Crippen molar-refractivity contribution in [3.63, 3.8) is 0 Å². The van der Waals surface area contributed by atoms with E-state index in [0.717, 1.165) is 22.0 Å². The Bertz CT molecular complexity index is 3650. The van der Waals surface area contributed by atoms with Crippen LogP contribution in [0.3, 0.4) is 0 Å². The smallest absolute Gasteiger partial charge is 0.137 e. The van der Waals surface area contributed by atoms with Crippen molar-refractivity contribution in [1.29, 1.82) is 0 Å². The fraction of sp³-hybridized carbons (Fsp3) is 0.113. The lowest BCUT2D eigenvalue weighted by Gasteiger charge is -2.28. The molecule has 5 heteroatoms. The molecular weight excluding hydrogens is 709 g/mol. The Kier molecular flexibility index (Phi) is 5.97. The summed E-state index contributed by atoms with van der Waals surface area (Å²) < 4.78 is 114. The molecule has 0 fully saturated rings. The van der Waals surface area contributed by atoms with Gasteiger partial charge in [-0.1, -0.05) is 118 Å². The van der Waals surface area contributed by atoms with Crippen LogP contribution >= 0.6 is 0 Å². The number of benzene rings is 7. The summed E-state index contributed by atoms with van der Waals surface area (Å²) in [6, 6.07) is 29.7. The molecule has 58 heavy (non-hydrogen) atoms. The van der Waals surface area contributed by atoms with Gasteiger partial charge in [-0.25, -0.2) is 4.98 Å². The molecule has 0 spiro atoms. The van der Waals surface area contributed by atoms with Crippen LogP contribution in [0.5, 0.6) is 11.5 Å². The first-order valence-electron chi connectivity index (χ1n) is 25.0. The van der Waals surface area contributed by atoms with Crippen LogP contribution in [0.2, 0.25) is 0 Å². The molecule has 0 unspecified atom stereocenters. The van der Waals surface area contributed by atoms with Crippen LogP contribution < -0.4 is 14.5 Å². The molecule has 0 N–H and O–H groups in total. The van der Waals surface area contributed by atoms with Gasteiger partial charge in [0.15, 0.2) is 0 Å². The highest BCUT2D eigenvalue weighted by molar-refractivity contribution is 6.09. The summed E-state index contributed by atoms with van der Waals surface area (Å²) in [4.78, 5) is 8.48. The first-order valence-corrected chi connectivity index (χ1v) is 19.0. The van der Waals surface area contributed by atoms with E-state index in [0.29, 0.717) is 50.8 Å². The Morgan fingerprint density at radius 1 is 0.621 bits per heavy atom. The Morgan fingerprint density at radius 2 is 1.31 bits per heavy atom. The lowest BCUT2D eigenvalue weighted by atomic mass is 9.88. The molecule has 1 aliphatic heterocycles. The number of para-hydroxylation sites is 3. The molecule has 2 aromatic heterocycles. The van der Waals surface area contributed by atoms with E-state index in [-0.39, 0.29) is 71.6 Å². The third kappa shape index (κ3) is 6.25. The number of ether oxygens (including phenoxy) is 1. The molecule has 282 valence electrons. The first-order chi connectivity index (χ1) is 33.3. The van der Waals surface area contributed by atoms with Gasteiger partial charge in [0.05, 0.1) is 44.5 Å². The van der Waals surface area contributed by atoms with Crippen molar-refractivity contribution < 1.29 is 21.2 Å².